The summed E-state index contributed by atoms with van der Waals surface area (Å²) in [5, 5.41) is 0.257. The Morgan fingerprint density at radius 3 is 2.37 bits per heavy atom. The maximum absolute atomic E-state index is 13.5. The van der Waals surface area contributed by atoms with Gasteiger partial charge in [0.05, 0.1) is 5.56 Å². The van der Waals surface area contributed by atoms with Gasteiger partial charge in [0.15, 0.2) is 5.69 Å². The molecule has 0 fully saturated rings. The van der Waals surface area contributed by atoms with Crippen LogP contribution in [0.4, 0.5) is 13.2 Å². The van der Waals surface area contributed by atoms with Gasteiger partial charge in [0.1, 0.15) is 5.15 Å². The Hall–Kier alpha value is -2.93. The number of benzene rings is 1. The average Bonchev–Trinajstić information content (AvgIpc) is 2.60. The molecule has 0 saturated heterocycles. The summed E-state index contributed by atoms with van der Waals surface area (Å²) in [5.41, 5.74) is 5.88. The number of halogens is 4. The molecular weight excluding hydrogens is 379 g/mol. The van der Waals surface area contributed by atoms with E-state index in [1.165, 1.54) is 18.3 Å². The number of pyridine rings is 2. The summed E-state index contributed by atoms with van der Waals surface area (Å²) in [6, 6.07) is 9.20. The maximum atomic E-state index is 13.5. The molecule has 2 heterocycles. The molecule has 0 radical (unpaired) electrons. The largest absolute Gasteiger partial charge is 0.433 e. The van der Waals surface area contributed by atoms with Crippen LogP contribution in [-0.2, 0) is 6.18 Å². The van der Waals surface area contributed by atoms with Crippen molar-refractivity contribution in [1.82, 2.24) is 9.97 Å². The van der Waals surface area contributed by atoms with Crippen LogP contribution in [0.25, 0.3) is 22.3 Å². The van der Waals surface area contributed by atoms with E-state index in [0.29, 0.717) is 11.1 Å². The molecule has 2 aromatic heterocycles. The minimum Gasteiger partial charge on any atom is -0.366 e. The molecule has 0 bridgehead atoms. The van der Waals surface area contributed by atoms with Crippen molar-refractivity contribution in [2.24, 2.45) is 5.73 Å². The first kappa shape index (κ1) is 18.8. The first-order valence-corrected chi connectivity index (χ1v) is 8.15. The first-order valence-electron chi connectivity index (χ1n) is 7.77. The van der Waals surface area contributed by atoms with Crippen LogP contribution in [0, 0.1) is 6.92 Å². The second kappa shape index (κ2) is 7.00. The van der Waals surface area contributed by atoms with Crippen LogP contribution in [0.15, 0.2) is 48.8 Å². The van der Waals surface area contributed by atoms with Gasteiger partial charge in [-0.05, 0) is 53.4 Å². The molecule has 8 heteroatoms. The summed E-state index contributed by atoms with van der Waals surface area (Å²) in [4.78, 5) is 19.1. The highest BCUT2D eigenvalue weighted by Gasteiger charge is 2.37. The van der Waals surface area contributed by atoms with Crippen LogP contribution in [-0.4, -0.2) is 15.9 Å². The molecule has 0 aliphatic carbocycles. The highest BCUT2D eigenvalue weighted by molar-refractivity contribution is 6.29. The standard InChI is InChI=1S/C19H13ClF3N3O/c1-10-2-3-12(8-14(10)11-4-6-25-15(20)9-11)16-13(18(24)27)5-7-26-17(16)19(21,22)23/h2-9H,1H3,(H2,24,27). The number of aromatic nitrogens is 2. The zero-order chi connectivity index (χ0) is 19.8. The SMILES string of the molecule is Cc1ccc(-c2c(C(N)=O)ccnc2C(F)(F)F)cc1-c1ccnc(Cl)c1. The van der Waals surface area contributed by atoms with E-state index in [1.54, 1.807) is 24.3 Å². The van der Waals surface area contributed by atoms with E-state index in [9.17, 15) is 18.0 Å². The molecule has 0 atom stereocenters. The molecule has 1 amide bonds. The minimum atomic E-state index is -4.74. The molecule has 1 aromatic carbocycles. The van der Waals surface area contributed by atoms with Gasteiger partial charge in [0.25, 0.3) is 0 Å². The molecule has 0 unspecified atom stereocenters. The fourth-order valence-electron chi connectivity index (χ4n) is 2.83. The van der Waals surface area contributed by atoms with Gasteiger partial charge >= 0.3 is 6.18 Å². The molecule has 0 saturated carbocycles. The third-order valence-electron chi connectivity index (χ3n) is 4.05. The van der Waals surface area contributed by atoms with E-state index in [1.807, 2.05) is 6.92 Å². The summed E-state index contributed by atoms with van der Waals surface area (Å²) in [7, 11) is 0. The number of carbonyl (C=O) groups is 1. The van der Waals surface area contributed by atoms with Crippen molar-refractivity contribution in [2.75, 3.05) is 0 Å². The Bertz CT molecular complexity index is 1030. The van der Waals surface area contributed by atoms with Crippen LogP contribution < -0.4 is 5.73 Å². The van der Waals surface area contributed by atoms with Gasteiger partial charge < -0.3 is 5.73 Å². The van der Waals surface area contributed by atoms with Gasteiger partial charge in [-0.2, -0.15) is 13.2 Å². The Balaban J connectivity index is 2.30. The number of hydrogen-bond donors (Lipinski definition) is 1. The van der Waals surface area contributed by atoms with Gasteiger partial charge in [-0.25, -0.2) is 4.98 Å². The number of carbonyl (C=O) groups excluding carboxylic acids is 1. The normalized spacial score (nSPS) is 11.4. The number of amides is 1. The predicted octanol–water partition coefficient (Wildman–Crippen LogP) is 4.89. The molecule has 0 aliphatic rings. The topological polar surface area (TPSA) is 68.9 Å². The second-order valence-electron chi connectivity index (χ2n) is 5.84. The molecule has 3 rings (SSSR count). The molecule has 138 valence electrons. The summed E-state index contributed by atoms with van der Waals surface area (Å²) in [6.45, 7) is 1.82. The average molecular weight is 392 g/mol. The highest BCUT2D eigenvalue weighted by Crippen LogP contribution is 2.39. The second-order valence-corrected chi connectivity index (χ2v) is 6.23. The van der Waals surface area contributed by atoms with Gasteiger partial charge in [-0.3, -0.25) is 9.78 Å². The summed E-state index contributed by atoms with van der Waals surface area (Å²) in [5.74, 6) is -0.966. The van der Waals surface area contributed by atoms with E-state index < -0.39 is 17.8 Å². The van der Waals surface area contributed by atoms with Crippen molar-refractivity contribution in [3.05, 3.63) is 70.8 Å². The van der Waals surface area contributed by atoms with Gasteiger partial charge in [-0.1, -0.05) is 23.7 Å². The minimum absolute atomic E-state index is 0.178. The number of rotatable bonds is 3. The van der Waals surface area contributed by atoms with Crippen LogP contribution in [0.2, 0.25) is 5.15 Å². The maximum Gasteiger partial charge on any atom is 0.433 e. The lowest BCUT2D eigenvalue weighted by Gasteiger charge is -2.16. The third-order valence-corrected chi connectivity index (χ3v) is 4.26. The van der Waals surface area contributed by atoms with E-state index >= 15 is 0 Å². The van der Waals surface area contributed by atoms with Crippen LogP contribution >= 0.6 is 11.6 Å². The van der Waals surface area contributed by atoms with Gasteiger partial charge in [-0.15, -0.1) is 0 Å². The van der Waals surface area contributed by atoms with Crippen LogP contribution in [0.5, 0.6) is 0 Å². The van der Waals surface area contributed by atoms with E-state index in [-0.39, 0.29) is 21.8 Å². The number of aryl methyl sites for hydroxylation is 1. The highest BCUT2D eigenvalue weighted by atomic mass is 35.5. The molecule has 4 nitrogen and oxygen atoms in total. The van der Waals surface area contributed by atoms with E-state index in [2.05, 4.69) is 9.97 Å². The smallest absolute Gasteiger partial charge is 0.366 e. The predicted molar refractivity (Wildman–Crippen MR) is 96.2 cm³/mol. The number of primary amides is 1. The lowest BCUT2D eigenvalue weighted by molar-refractivity contribution is -0.140. The molecule has 3 aromatic rings. The van der Waals surface area contributed by atoms with Crippen molar-refractivity contribution in [3.63, 3.8) is 0 Å². The summed E-state index contributed by atoms with van der Waals surface area (Å²) in [6.07, 6.45) is -2.32. The Morgan fingerprint density at radius 1 is 1.04 bits per heavy atom. The Morgan fingerprint density at radius 2 is 1.74 bits per heavy atom. The van der Waals surface area contributed by atoms with Crippen molar-refractivity contribution < 1.29 is 18.0 Å². The van der Waals surface area contributed by atoms with E-state index in [4.69, 9.17) is 17.3 Å². The summed E-state index contributed by atoms with van der Waals surface area (Å²) < 4.78 is 40.5. The van der Waals surface area contributed by atoms with Crippen LogP contribution in [0.3, 0.4) is 0 Å². The Kier molecular flexibility index (Phi) is 4.89. The quantitative estimate of drug-likeness (QED) is 0.646. The molecule has 0 aliphatic heterocycles. The fraction of sp³-hybridized carbons (Fsp3) is 0.105. The first-order chi connectivity index (χ1) is 12.7. The number of alkyl halides is 3. The lowest BCUT2D eigenvalue weighted by atomic mass is 9.92. The molecule has 27 heavy (non-hydrogen) atoms. The van der Waals surface area contributed by atoms with Gasteiger partial charge in [0, 0.05) is 18.0 Å². The number of nitrogens with two attached hydrogens (primary N) is 1. The Labute approximate surface area is 157 Å². The van der Waals surface area contributed by atoms with Crippen molar-refractivity contribution in [1.29, 1.82) is 0 Å². The third kappa shape index (κ3) is 3.78. The van der Waals surface area contributed by atoms with Crippen molar-refractivity contribution >= 4 is 17.5 Å². The molecule has 0 spiro atoms. The number of nitrogens with zero attached hydrogens (tertiary/aromatic N) is 2. The fourth-order valence-corrected chi connectivity index (χ4v) is 3.01. The van der Waals surface area contributed by atoms with Crippen molar-refractivity contribution in [2.45, 2.75) is 13.1 Å². The number of hydrogen-bond acceptors (Lipinski definition) is 3. The van der Waals surface area contributed by atoms with Crippen molar-refractivity contribution in [3.8, 4) is 22.3 Å². The monoisotopic (exact) mass is 391 g/mol. The zero-order valence-corrected chi connectivity index (χ0v) is 14.8. The molecule has 2 N–H and O–H groups in total. The lowest BCUT2D eigenvalue weighted by Crippen LogP contribution is -2.18. The van der Waals surface area contributed by atoms with Crippen LogP contribution in [0.1, 0.15) is 21.6 Å². The van der Waals surface area contributed by atoms with E-state index in [0.717, 1.165) is 11.8 Å². The summed E-state index contributed by atoms with van der Waals surface area (Å²) >= 11 is 5.92. The molecular formula is C19H13ClF3N3O. The van der Waals surface area contributed by atoms with Gasteiger partial charge in [0.2, 0.25) is 5.91 Å². The zero-order valence-electron chi connectivity index (χ0n) is 14.0.